The molecule has 1 heterocycles. The Morgan fingerprint density at radius 3 is 2.55 bits per heavy atom. The number of benzene rings is 2. The number of rotatable bonds is 5. The molecule has 1 aliphatic heterocycles. The van der Waals surface area contributed by atoms with Gasteiger partial charge in [-0.25, -0.2) is 4.79 Å². The van der Waals surface area contributed by atoms with Crippen molar-refractivity contribution >= 4 is 34.9 Å². The fourth-order valence-electron chi connectivity index (χ4n) is 3.55. The summed E-state index contributed by atoms with van der Waals surface area (Å²) in [5, 5.41) is 8.08. The average Bonchev–Trinajstić information content (AvgIpc) is 2.79. The molecule has 162 valence electrons. The number of likely N-dealkylation sites (N-methyl/N-ethyl adjacent to an activating group) is 1. The van der Waals surface area contributed by atoms with Gasteiger partial charge in [0.05, 0.1) is 5.69 Å². The molecule has 2 aromatic rings. The highest BCUT2D eigenvalue weighted by Crippen LogP contribution is 2.29. The van der Waals surface area contributed by atoms with Crippen molar-refractivity contribution < 1.29 is 14.4 Å². The van der Waals surface area contributed by atoms with Gasteiger partial charge in [0.15, 0.2) is 0 Å². The van der Waals surface area contributed by atoms with Gasteiger partial charge in [0, 0.05) is 23.5 Å². The van der Waals surface area contributed by atoms with Crippen LogP contribution in [0, 0.1) is 13.8 Å². The highest BCUT2D eigenvalue weighted by Gasteiger charge is 2.33. The summed E-state index contributed by atoms with van der Waals surface area (Å²) < 4.78 is 0. The number of hydrogen-bond acceptors (Lipinski definition) is 4. The van der Waals surface area contributed by atoms with E-state index in [9.17, 15) is 14.4 Å². The number of benzodiazepines with no additional fused rings is 1. The summed E-state index contributed by atoms with van der Waals surface area (Å²) >= 11 is 0. The minimum absolute atomic E-state index is 0.162. The Kier molecular flexibility index (Phi) is 6.69. The maximum atomic E-state index is 13.4. The number of anilines is 2. The van der Waals surface area contributed by atoms with Gasteiger partial charge in [-0.05, 0) is 51.0 Å². The third-order valence-electron chi connectivity index (χ3n) is 4.94. The molecule has 0 spiro atoms. The monoisotopic (exact) mass is 421 g/mol. The van der Waals surface area contributed by atoms with E-state index in [4.69, 9.17) is 0 Å². The molecule has 1 aliphatic rings. The predicted octanol–water partition coefficient (Wildman–Crippen LogP) is 2.74. The van der Waals surface area contributed by atoms with Gasteiger partial charge in [0.2, 0.25) is 12.1 Å². The van der Waals surface area contributed by atoms with Crippen molar-refractivity contribution in [1.29, 1.82) is 0 Å². The number of hydrogen-bond donors (Lipinski definition) is 3. The van der Waals surface area contributed by atoms with Crippen LogP contribution in [0.3, 0.4) is 0 Å². The maximum Gasteiger partial charge on any atom is 0.321 e. The average molecular weight is 422 g/mol. The van der Waals surface area contributed by atoms with E-state index in [2.05, 4.69) is 20.9 Å². The number of nitrogens with zero attached hydrogens (tertiary/aromatic N) is 2. The van der Waals surface area contributed by atoms with E-state index in [1.54, 1.807) is 13.0 Å². The fourth-order valence-corrected chi connectivity index (χ4v) is 3.55. The third kappa shape index (κ3) is 5.09. The van der Waals surface area contributed by atoms with Crippen LogP contribution in [0.1, 0.15) is 30.5 Å². The van der Waals surface area contributed by atoms with Crippen LogP contribution in [0.15, 0.2) is 47.5 Å². The van der Waals surface area contributed by atoms with Gasteiger partial charge in [-0.2, -0.15) is 0 Å². The van der Waals surface area contributed by atoms with Crippen molar-refractivity contribution in [1.82, 2.24) is 10.6 Å². The Bertz CT molecular complexity index is 1050. The molecule has 3 rings (SSSR count). The van der Waals surface area contributed by atoms with E-state index in [-0.39, 0.29) is 12.5 Å². The lowest BCUT2D eigenvalue weighted by atomic mass is 10.0. The normalized spacial score (nSPS) is 15.5. The van der Waals surface area contributed by atoms with Crippen LogP contribution < -0.4 is 20.9 Å². The molecule has 0 saturated heterocycles. The predicted molar refractivity (Wildman–Crippen MR) is 122 cm³/mol. The molecular weight excluding hydrogens is 394 g/mol. The van der Waals surface area contributed by atoms with Crippen molar-refractivity contribution in [2.75, 3.05) is 23.3 Å². The summed E-state index contributed by atoms with van der Waals surface area (Å²) in [6, 6.07) is 12.4. The standard InChI is InChI=1S/C23H27N5O3/c1-5-24-19(29)13-28-20-15(3)9-7-11-18(20)16(4)25-21(22(28)30)27-23(31)26-17-10-6-8-14(2)12-17/h6-12,21H,5,13H2,1-4H3,(H,24,29)(H2,26,27,31)/t21-/m0/s1. The summed E-state index contributed by atoms with van der Waals surface area (Å²) in [6.07, 6.45) is -1.16. The first-order valence-corrected chi connectivity index (χ1v) is 10.2. The first-order valence-electron chi connectivity index (χ1n) is 10.2. The summed E-state index contributed by atoms with van der Waals surface area (Å²) in [6.45, 7) is 7.69. The number of carbonyl (C=O) groups excluding carboxylic acids is 3. The van der Waals surface area contributed by atoms with Crippen LogP contribution in [0.4, 0.5) is 16.2 Å². The van der Waals surface area contributed by atoms with E-state index < -0.39 is 18.1 Å². The van der Waals surface area contributed by atoms with Crippen LogP contribution in [-0.4, -0.2) is 42.8 Å². The highest BCUT2D eigenvalue weighted by molar-refractivity contribution is 6.14. The van der Waals surface area contributed by atoms with Gasteiger partial charge in [-0.3, -0.25) is 19.5 Å². The first kappa shape index (κ1) is 22.0. The minimum atomic E-state index is -1.16. The molecule has 0 radical (unpaired) electrons. The molecule has 0 fully saturated rings. The summed E-state index contributed by atoms with van der Waals surface area (Å²) in [4.78, 5) is 44.2. The summed E-state index contributed by atoms with van der Waals surface area (Å²) in [5.41, 5.74) is 4.43. The van der Waals surface area contributed by atoms with Crippen molar-refractivity contribution in [2.45, 2.75) is 33.9 Å². The molecule has 8 nitrogen and oxygen atoms in total. The molecule has 2 aromatic carbocycles. The van der Waals surface area contributed by atoms with E-state index in [1.807, 2.05) is 57.2 Å². The van der Waals surface area contributed by atoms with Crippen molar-refractivity contribution in [2.24, 2.45) is 4.99 Å². The minimum Gasteiger partial charge on any atom is -0.355 e. The lowest BCUT2D eigenvalue weighted by Crippen LogP contribution is -2.51. The quantitative estimate of drug-likeness (QED) is 0.692. The molecule has 8 heteroatoms. The van der Waals surface area contributed by atoms with Crippen molar-refractivity contribution in [3.63, 3.8) is 0 Å². The van der Waals surface area contributed by atoms with Gasteiger partial charge < -0.3 is 16.0 Å². The molecule has 3 N–H and O–H groups in total. The Hall–Kier alpha value is -3.68. The SMILES string of the molecule is CCNC(=O)CN1C(=O)[C@H](NC(=O)Nc2cccc(C)c2)N=C(C)c2cccc(C)c21. The Morgan fingerprint density at radius 1 is 1.10 bits per heavy atom. The Labute approximate surface area is 181 Å². The molecule has 0 aromatic heterocycles. The van der Waals surface area contributed by atoms with E-state index >= 15 is 0 Å². The number of amides is 4. The highest BCUT2D eigenvalue weighted by atomic mass is 16.2. The zero-order valence-electron chi connectivity index (χ0n) is 18.2. The zero-order chi connectivity index (χ0) is 22.5. The number of fused-ring (bicyclic) bond motifs is 1. The molecule has 1 atom stereocenters. The van der Waals surface area contributed by atoms with Gasteiger partial charge in [0.1, 0.15) is 6.54 Å². The number of para-hydroxylation sites is 1. The zero-order valence-corrected chi connectivity index (χ0v) is 18.2. The number of urea groups is 1. The Balaban J connectivity index is 1.90. The van der Waals surface area contributed by atoms with E-state index in [0.29, 0.717) is 23.6 Å². The van der Waals surface area contributed by atoms with Crippen LogP contribution >= 0.6 is 0 Å². The molecule has 0 aliphatic carbocycles. The lowest BCUT2D eigenvalue weighted by molar-refractivity contribution is -0.124. The summed E-state index contributed by atoms with van der Waals surface area (Å²) in [5.74, 6) is -0.759. The van der Waals surface area contributed by atoms with Crippen LogP contribution in [0.5, 0.6) is 0 Å². The van der Waals surface area contributed by atoms with Gasteiger partial charge in [-0.15, -0.1) is 0 Å². The molecule has 4 amide bonds. The molecule has 31 heavy (non-hydrogen) atoms. The van der Waals surface area contributed by atoms with Crippen LogP contribution in [0.2, 0.25) is 0 Å². The second kappa shape index (κ2) is 9.42. The number of aryl methyl sites for hydroxylation is 2. The van der Waals surface area contributed by atoms with Crippen LogP contribution in [0.25, 0.3) is 0 Å². The van der Waals surface area contributed by atoms with E-state index in [0.717, 1.165) is 16.7 Å². The third-order valence-corrected chi connectivity index (χ3v) is 4.94. The van der Waals surface area contributed by atoms with Crippen molar-refractivity contribution in [3.05, 3.63) is 59.2 Å². The number of carbonyl (C=O) groups is 3. The maximum absolute atomic E-state index is 13.4. The summed E-state index contributed by atoms with van der Waals surface area (Å²) in [7, 11) is 0. The van der Waals surface area contributed by atoms with Crippen molar-refractivity contribution in [3.8, 4) is 0 Å². The van der Waals surface area contributed by atoms with E-state index in [1.165, 1.54) is 4.90 Å². The number of nitrogens with one attached hydrogen (secondary N) is 3. The lowest BCUT2D eigenvalue weighted by Gasteiger charge is -2.26. The second-order valence-corrected chi connectivity index (χ2v) is 7.43. The largest absolute Gasteiger partial charge is 0.355 e. The Morgan fingerprint density at radius 2 is 1.84 bits per heavy atom. The second-order valence-electron chi connectivity index (χ2n) is 7.43. The number of aliphatic imine (C=N–C) groups is 1. The van der Waals surface area contributed by atoms with Crippen LogP contribution in [-0.2, 0) is 9.59 Å². The van der Waals surface area contributed by atoms with Gasteiger partial charge >= 0.3 is 6.03 Å². The molecular formula is C23H27N5O3. The fraction of sp³-hybridized carbons (Fsp3) is 0.304. The first-order chi connectivity index (χ1) is 14.8. The molecule has 0 bridgehead atoms. The molecule has 0 saturated carbocycles. The topological polar surface area (TPSA) is 103 Å². The smallest absolute Gasteiger partial charge is 0.321 e. The van der Waals surface area contributed by atoms with Gasteiger partial charge in [0.25, 0.3) is 5.91 Å². The molecule has 0 unspecified atom stereocenters. The van der Waals surface area contributed by atoms with Gasteiger partial charge in [-0.1, -0.05) is 30.3 Å².